The molecule has 0 saturated heterocycles. The number of anilines is 1. The van der Waals surface area contributed by atoms with Crippen molar-refractivity contribution in [1.29, 1.82) is 0 Å². The van der Waals surface area contributed by atoms with E-state index in [-0.39, 0.29) is 6.61 Å². The van der Waals surface area contributed by atoms with Crippen LogP contribution in [-0.2, 0) is 6.61 Å². The van der Waals surface area contributed by atoms with Gasteiger partial charge in [0.2, 0.25) is 0 Å². The number of fused-ring (bicyclic) bond motifs is 1. The molecular weight excluding hydrogens is 306 g/mol. The summed E-state index contributed by atoms with van der Waals surface area (Å²) in [6, 6.07) is 13.6. The predicted molar refractivity (Wildman–Crippen MR) is 92.4 cm³/mol. The highest BCUT2D eigenvalue weighted by Crippen LogP contribution is 2.38. The molecule has 3 rings (SSSR count). The Bertz CT molecular complexity index is 809. The zero-order valence-corrected chi connectivity index (χ0v) is 13.4. The minimum absolute atomic E-state index is 0.00959. The number of rotatable bonds is 7. The van der Waals surface area contributed by atoms with E-state index in [1.807, 2.05) is 42.5 Å². The molecule has 124 valence electrons. The molecule has 1 aromatic heterocycles. The van der Waals surface area contributed by atoms with Gasteiger partial charge in [-0.15, -0.1) is 0 Å². The second kappa shape index (κ2) is 7.61. The van der Waals surface area contributed by atoms with E-state index < -0.39 is 0 Å². The van der Waals surface area contributed by atoms with Crippen molar-refractivity contribution in [1.82, 2.24) is 9.97 Å². The molecule has 0 radical (unpaired) electrons. The molecule has 2 N–H and O–H groups in total. The first-order valence-electron chi connectivity index (χ1n) is 7.66. The first-order chi connectivity index (χ1) is 11.8. The van der Waals surface area contributed by atoms with Crippen LogP contribution in [0.5, 0.6) is 11.5 Å². The standard InChI is InChI=1S/C18H19N3O3/c1-23-15-8-7-14-16(18(19-9-10-22)21-12-20-14)17(15)24-11-13-5-3-2-4-6-13/h2-8,12,22H,9-11H2,1H3,(H,19,20,21). The van der Waals surface area contributed by atoms with Crippen LogP contribution in [0.15, 0.2) is 48.8 Å². The Kier molecular flexibility index (Phi) is 5.08. The van der Waals surface area contributed by atoms with Gasteiger partial charge < -0.3 is 19.9 Å². The Balaban J connectivity index is 2.02. The van der Waals surface area contributed by atoms with Crippen molar-refractivity contribution in [2.24, 2.45) is 0 Å². The summed E-state index contributed by atoms with van der Waals surface area (Å²) in [5.41, 5.74) is 1.80. The molecule has 2 aromatic carbocycles. The maximum absolute atomic E-state index is 9.06. The molecule has 0 bridgehead atoms. The zero-order valence-electron chi connectivity index (χ0n) is 13.4. The normalized spacial score (nSPS) is 10.6. The monoisotopic (exact) mass is 325 g/mol. The number of ether oxygens (including phenoxy) is 2. The molecule has 6 nitrogen and oxygen atoms in total. The van der Waals surface area contributed by atoms with Gasteiger partial charge in [-0.05, 0) is 17.7 Å². The van der Waals surface area contributed by atoms with E-state index in [9.17, 15) is 0 Å². The minimum Gasteiger partial charge on any atom is -0.493 e. The van der Waals surface area contributed by atoms with Crippen molar-refractivity contribution >= 4 is 16.7 Å². The first-order valence-corrected chi connectivity index (χ1v) is 7.66. The summed E-state index contributed by atoms with van der Waals surface area (Å²) in [6.07, 6.45) is 1.48. The number of nitrogens with one attached hydrogen (secondary N) is 1. The topological polar surface area (TPSA) is 76.5 Å². The average molecular weight is 325 g/mol. The summed E-state index contributed by atoms with van der Waals surface area (Å²) < 4.78 is 11.5. The fraction of sp³-hybridized carbons (Fsp3) is 0.222. The Morgan fingerprint density at radius 1 is 1.08 bits per heavy atom. The quantitative estimate of drug-likeness (QED) is 0.695. The molecule has 1 heterocycles. The van der Waals surface area contributed by atoms with Gasteiger partial charge in [-0.1, -0.05) is 30.3 Å². The number of hydrogen-bond acceptors (Lipinski definition) is 6. The van der Waals surface area contributed by atoms with E-state index in [4.69, 9.17) is 14.6 Å². The minimum atomic E-state index is 0.00959. The van der Waals surface area contributed by atoms with Crippen LogP contribution in [0.3, 0.4) is 0 Å². The van der Waals surface area contributed by atoms with Gasteiger partial charge in [-0.2, -0.15) is 0 Å². The molecule has 0 unspecified atom stereocenters. The van der Waals surface area contributed by atoms with Crippen LogP contribution in [0.4, 0.5) is 5.82 Å². The lowest BCUT2D eigenvalue weighted by molar-refractivity contribution is 0.288. The van der Waals surface area contributed by atoms with Crippen LogP contribution < -0.4 is 14.8 Å². The van der Waals surface area contributed by atoms with Gasteiger partial charge in [-0.3, -0.25) is 0 Å². The van der Waals surface area contributed by atoms with Crippen LogP contribution in [0.25, 0.3) is 10.9 Å². The molecule has 0 atom stereocenters. The molecule has 0 fully saturated rings. The number of nitrogens with zero attached hydrogens (tertiary/aromatic N) is 2. The number of hydrogen-bond donors (Lipinski definition) is 2. The number of benzene rings is 2. The molecule has 0 spiro atoms. The summed E-state index contributed by atoms with van der Waals surface area (Å²) in [7, 11) is 1.60. The lowest BCUT2D eigenvalue weighted by Crippen LogP contribution is -2.08. The third-order valence-electron chi connectivity index (χ3n) is 3.57. The Morgan fingerprint density at radius 2 is 1.92 bits per heavy atom. The number of aliphatic hydroxyl groups excluding tert-OH is 1. The summed E-state index contributed by atoms with van der Waals surface area (Å²) in [6.45, 7) is 0.807. The Morgan fingerprint density at radius 3 is 2.67 bits per heavy atom. The summed E-state index contributed by atoms with van der Waals surface area (Å²) in [4.78, 5) is 8.56. The number of aliphatic hydroxyl groups is 1. The lowest BCUT2D eigenvalue weighted by Gasteiger charge is -2.15. The van der Waals surface area contributed by atoms with E-state index in [2.05, 4.69) is 15.3 Å². The second-order valence-corrected chi connectivity index (χ2v) is 5.14. The third-order valence-corrected chi connectivity index (χ3v) is 3.57. The van der Waals surface area contributed by atoms with E-state index in [0.29, 0.717) is 30.5 Å². The Hall–Kier alpha value is -2.86. The van der Waals surface area contributed by atoms with Gasteiger partial charge in [0.25, 0.3) is 0 Å². The van der Waals surface area contributed by atoms with E-state index in [0.717, 1.165) is 16.5 Å². The fourth-order valence-corrected chi connectivity index (χ4v) is 2.45. The van der Waals surface area contributed by atoms with E-state index in [1.54, 1.807) is 7.11 Å². The molecule has 0 aliphatic carbocycles. The van der Waals surface area contributed by atoms with Crippen molar-refractivity contribution in [2.45, 2.75) is 6.61 Å². The van der Waals surface area contributed by atoms with Gasteiger partial charge >= 0.3 is 0 Å². The van der Waals surface area contributed by atoms with Crippen molar-refractivity contribution in [3.63, 3.8) is 0 Å². The molecular formula is C18H19N3O3. The van der Waals surface area contributed by atoms with Crippen molar-refractivity contribution < 1.29 is 14.6 Å². The molecule has 6 heteroatoms. The van der Waals surface area contributed by atoms with Crippen LogP contribution in [0, 0.1) is 0 Å². The lowest BCUT2D eigenvalue weighted by atomic mass is 10.2. The molecule has 0 saturated carbocycles. The first kappa shape index (κ1) is 16.0. The predicted octanol–water partition coefficient (Wildman–Crippen LogP) is 2.62. The van der Waals surface area contributed by atoms with Crippen LogP contribution in [0.1, 0.15) is 5.56 Å². The molecule has 3 aromatic rings. The van der Waals surface area contributed by atoms with Gasteiger partial charge in [-0.25, -0.2) is 9.97 Å². The van der Waals surface area contributed by atoms with Gasteiger partial charge in [0.15, 0.2) is 11.5 Å². The highest BCUT2D eigenvalue weighted by atomic mass is 16.5. The smallest absolute Gasteiger partial charge is 0.174 e. The molecule has 0 amide bonds. The highest BCUT2D eigenvalue weighted by Gasteiger charge is 2.15. The van der Waals surface area contributed by atoms with Crippen LogP contribution in [-0.4, -0.2) is 35.3 Å². The van der Waals surface area contributed by atoms with Crippen LogP contribution >= 0.6 is 0 Å². The molecule has 0 aliphatic heterocycles. The average Bonchev–Trinajstić information content (AvgIpc) is 2.65. The van der Waals surface area contributed by atoms with E-state index in [1.165, 1.54) is 6.33 Å². The molecule has 0 aliphatic rings. The van der Waals surface area contributed by atoms with Gasteiger partial charge in [0.05, 0.1) is 24.6 Å². The second-order valence-electron chi connectivity index (χ2n) is 5.14. The largest absolute Gasteiger partial charge is 0.493 e. The van der Waals surface area contributed by atoms with Gasteiger partial charge in [0.1, 0.15) is 18.8 Å². The maximum atomic E-state index is 9.06. The van der Waals surface area contributed by atoms with Crippen LogP contribution in [0.2, 0.25) is 0 Å². The Labute approximate surface area is 140 Å². The SMILES string of the molecule is COc1ccc2ncnc(NCCO)c2c1OCc1ccccc1. The highest BCUT2D eigenvalue weighted by molar-refractivity contribution is 5.96. The summed E-state index contributed by atoms with van der Waals surface area (Å²) >= 11 is 0. The summed E-state index contributed by atoms with van der Waals surface area (Å²) in [5, 5.41) is 12.9. The van der Waals surface area contributed by atoms with Crippen molar-refractivity contribution in [3.8, 4) is 11.5 Å². The van der Waals surface area contributed by atoms with Crippen molar-refractivity contribution in [2.75, 3.05) is 25.6 Å². The fourth-order valence-electron chi connectivity index (χ4n) is 2.45. The summed E-state index contributed by atoms with van der Waals surface area (Å²) in [5.74, 6) is 1.80. The number of aromatic nitrogens is 2. The van der Waals surface area contributed by atoms with E-state index >= 15 is 0 Å². The zero-order chi connectivity index (χ0) is 16.8. The van der Waals surface area contributed by atoms with Crippen molar-refractivity contribution in [3.05, 3.63) is 54.4 Å². The number of methoxy groups -OCH3 is 1. The third kappa shape index (κ3) is 3.38. The van der Waals surface area contributed by atoms with Gasteiger partial charge in [0, 0.05) is 6.54 Å². The maximum Gasteiger partial charge on any atom is 0.174 e. The molecule has 24 heavy (non-hydrogen) atoms.